The van der Waals surface area contributed by atoms with Crippen LogP contribution in [0.2, 0.25) is 0 Å². The molecule has 2 rings (SSSR count). The van der Waals surface area contributed by atoms with E-state index in [1.54, 1.807) is 18.2 Å². The molecule has 0 fully saturated rings. The summed E-state index contributed by atoms with van der Waals surface area (Å²) in [6.07, 6.45) is -0.0809. The molecule has 0 aromatic heterocycles. The molecule has 0 aliphatic rings. The zero-order valence-corrected chi connectivity index (χ0v) is 10.7. The monoisotopic (exact) mass is 256 g/mol. The van der Waals surface area contributed by atoms with Crippen LogP contribution in [0.5, 0.6) is 5.75 Å². The number of benzene rings is 2. The summed E-state index contributed by atoms with van der Waals surface area (Å²) in [5.41, 5.74) is 1.80. The number of carbonyl (C=O) groups excluding carboxylic acids is 1. The lowest BCUT2D eigenvalue weighted by Gasteiger charge is -2.12. The zero-order chi connectivity index (χ0) is 13.7. The minimum absolute atomic E-state index is 0.366. The second kappa shape index (κ2) is 6.16. The van der Waals surface area contributed by atoms with Crippen molar-refractivity contribution >= 4 is 5.97 Å². The van der Waals surface area contributed by atoms with E-state index < -0.39 is 6.10 Å². The van der Waals surface area contributed by atoms with Gasteiger partial charge in [-0.05, 0) is 23.3 Å². The van der Waals surface area contributed by atoms with Gasteiger partial charge in [0.05, 0.1) is 6.10 Å². The molecule has 0 heterocycles. The summed E-state index contributed by atoms with van der Waals surface area (Å²) in [5.74, 6) is 0.0896. The van der Waals surface area contributed by atoms with Gasteiger partial charge >= 0.3 is 5.97 Å². The zero-order valence-electron chi connectivity index (χ0n) is 10.7. The largest absolute Gasteiger partial charge is 0.427 e. The van der Waals surface area contributed by atoms with E-state index in [1.165, 1.54) is 6.92 Å². The summed E-state index contributed by atoms with van der Waals surface area (Å²) < 4.78 is 5.01. The lowest BCUT2D eigenvalue weighted by Crippen LogP contribution is -2.04. The molecule has 0 aliphatic heterocycles. The predicted octanol–water partition coefficient (Wildman–Crippen LogP) is 2.89. The molecule has 3 heteroatoms. The Balaban J connectivity index is 2.10. The second-order valence-electron chi connectivity index (χ2n) is 4.37. The molecule has 0 bridgehead atoms. The van der Waals surface area contributed by atoms with Gasteiger partial charge in [-0.15, -0.1) is 0 Å². The number of esters is 1. The number of ether oxygens (including phenoxy) is 1. The molecule has 0 amide bonds. The number of hydrogen-bond acceptors (Lipinski definition) is 3. The molecular weight excluding hydrogens is 240 g/mol. The van der Waals surface area contributed by atoms with Crippen molar-refractivity contribution in [3.05, 3.63) is 65.7 Å². The van der Waals surface area contributed by atoms with Crippen LogP contribution in [0.1, 0.15) is 24.2 Å². The Morgan fingerprint density at radius 3 is 2.58 bits per heavy atom. The van der Waals surface area contributed by atoms with Crippen LogP contribution in [0.4, 0.5) is 0 Å². The third-order valence-corrected chi connectivity index (χ3v) is 2.78. The molecule has 3 nitrogen and oxygen atoms in total. The Bertz CT molecular complexity index is 549. The molecule has 0 aliphatic carbocycles. The van der Waals surface area contributed by atoms with Gasteiger partial charge in [-0.2, -0.15) is 0 Å². The van der Waals surface area contributed by atoms with Crippen LogP contribution >= 0.6 is 0 Å². The van der Waals surface area contributed by atoms with E-state index in [0.717, 1.165) is 11.1 Å². The van der Waals surface area contributed by atoms with Crippen LogP contribution in [0, 0.1) is 0 Å². The highest BCUT2D eigenvalue weighted by Crippen LogP contribution is 2.22. The van der Waals surface area contributed by atoms with Crippen molar-refractivity contribution in [1.29, 1.82) is 0 Å². The van der Waals surface area contributed by atoms with Gasteiger partial charge in [-0.25, -0.2) is 0 Å². The van der Waals surface area contributed by atoms with Crippen molar-refractivity contribution in [3.63, 3.8) is 0 Å². The first-order valence-electron chi connectivity index (χ1n) is 6.15. The number of carbonyl (C=O) groups is 1. The SMILES string of the molecule is CC(=O)Oc1cccc([C@@H](O)Cc2ccccc2)c1. The molecule has 0 radical (unpaired) electrons. The highest BCUT2D eigenvalue weighted by Gasteiger charge is 2.10. The van der Waals surface area contributed by atoms with E-state index in [9.17, 15) is 9.90 Å². The van der Waals surface area contributed by atoms with Crippen molar-refractivity contribution < 1.29 is 14.6 Å². The van der Waals surface area contributed by atoms with E-state index >= 15 is 0 Å². The van der Waals surface area contributed by atoms with Crippen molar-refractivity contribution in [2.75, 3.05) is 0 Å². The Hall–Kier alpha value is -2.13. The van der Waals surface area contributed by atoms with Crippen molar-refractivity contribution in [2.45, 2.75) is 19.4 Å². The number of rotatable bonds is 4. The maximum Gasteiger partial charge on any atom is 0.308 e. The van der Waals surface area contributed by atoms with Gasteiger partial charge < -0.3 is 9.84 Å². The lowest BCUT2D eigenvalue weighted by molar-refractivity contribution is -0.131. The topological polar surface area (TPSA) is 46.5 Å². The Kier molecular flexibility index (Phi) is 4.31. The van der Waals surface area contributed by atoms with Gasteiger partial charge in [-0.3, -0.25) is 4.79 Å². The minimum atomic E-state index is -0.613. The van der Waals surface area contributed by atoms with E-state index in [0.29, 0.717) is 12.2 Å². The van der Waals surface area contributed by atoms with Gasteiger partial charge in [0.25, 0.3) is 0 Å². The van der Waals surface area contributed by atoms with E-state index in [4.69, 9.17) is 4.74 Å². The van der Waals surface area contributed by atoms with E-state index in [1.807, 2.05) is 36.4 Å². The van der Waals surface area contributed by atoms with Crippen LogP contribution in [0.3, 0.4) is 0 Å². The smallest absolute Gasteiger partial charge is 0.308 e. The van der Waals surface area contributed by atoms with Gasteiger partial charge in [0.2, 0.25) is 0 Å². The summed E-state index contributed by atoms with van der Waals surface area (Å²) >= 11 is 0. The summed E-state index contributed by atoms with van der Waals surface area (Å²) in [6, 6.07) is 16.7. The molecule has 98 valence electrons. The Morgan fingerprint density at radius 2 is 1.89 bits per heavy atom. The third-order valence-electron chi connectivity index (χ3n) is 2.78. The number of aliphatic hydroxyl groups is 1. The molecule has 1 N–H and O–H groups in total. The van der Waals surface area contributed by atoms with Crippen LogP contribution in [0.25, 0.3) is 0 Å². The van der Waals surface area contributed by atoms with Crippen molar-refractivity contribution in [1.82, 2.24) is 0 Å². The standard InChI is InChI=1S/C16H16O3/c1-12(17)19-15-9-5-8-14(11-15)16(18)10-13-6-3-2-4-7-13/h2-9,11,16,18H,10H2,1H3/t16-/m0/s1. The maximum atomic E-state index is 10.9. The average Bonchev–Trinajstić information content (AvgIpc) is 2.39. The highest BCUT2D eigenvalue weighted by molar-refractivity contribution is 5.69. The van der Waals surface area contributed by atoms with E-state index in [-0.39, 0.29) is 5.97 Å². The van der Waals surface area contributed by atoms with Gasteiger partial charge in [-0.1, -0.05) is 42.5 Å². The summed E-state index contributed by atoms with van der Waals surface area (Å²) in [4.78, 5) is 10.9. The second-order valence-corrected chi connectivity index (χ2v) is 4.37. The first-order chi connectivity index (χ1) is 9.15. The van der Waals surface area contributed by atoms with Gasteiger partial charge in [0.15, 0.2) is 0 Å². The predicted molar refractivity (Wildman–Crippen MR) is 72.9 cm³/mol. The molecule has 0 spiro atoms. The summed E-state index contributed by atoms with van der Waals surface area (Å²) in [6.45, 7) is 1.35. The molecule has 0 saturated carbocycles. The van der Waals surface area contributed by atoms with Gasteiger partial charge in [0, 0.05) is 13.3 Å². The third kappa shape index (κ3) is 3.93. The summed E-state index contributed by atoms with van der Waals surface area (Å²) in [5, 5.41) is 10.2. The fourth-order valence-electron chi connectivity index (χ4n) is 1.91. The molecule has 2 aromatic carbocycles. The lowest BCUT2D eigenvalue weighted by atomic mass is 10.0. The molecule has 0 saturated heterocycles. The first-order valence-corrected chi connectivity index (χ1v) is 6.15. The molecular formula is C16H16O3. The number of hydrogen-bond donors (Lipinski definition) is 1. The van der Waals surface area contributed by atoms with Crippen LogP contribution < -0.4 is 4.74 Å². The normalized spacial score (nSPS) is 11.9. The molecule has 2 aromatic rings. The fraction of sp³-hybridized carbons (Fsp3) is 0.188. The molecule has 0 unspecified atom stereocenters. The van der Waals surface area contributed by atoms with E-state index in [2.05, 4.69) is 0 Å². The fourth-order valence-corrected chi connectivity index (χ4v) is 1.91. The Morgan fingerprint density at radius 1 is 1.16 bits per heavy atom. The van der Waals surface area contributed by atoms with Crippen LogP contribution in [-0.2, 0) is 11.2 Å². The summed E-state index contributed by atoms with van der Waals surface area (Å²) in [7, 11) is 0. The molecule has 19 heavy (non-hydrogen) atoms. The average molecular weight is 256 g/mol. The Labute approximate surface area is 112 Å². The maximum absolute atomic E-state index is 10.9. The van der Waals surface area contributed by atoms with Gasteiger partial charge in [0.1, 0.15) is 5.75 Å². The highest BCUT2D eigenvalue weighted by atomic mass is 16.5. The number of aliphatic hydroxyl groups excluding tert-OH is 1. The van der Waals surface area contributed by atoms with Crippen molar-refractivity contribution in [2.24, 2.45) is 0 Å². The van der Waals surface area contributed by atoms with Crippen LogP contribution in [-0.4, -0.2) is 11.1 Å². The quantitative estimate of drug-likeness (QED) is 0.676. The van der Waals surface area contributed by atoms with Crippen LogP contribution in [0.15, 0.2) is 54.6 Å². The first kappa shape index (κ1) is 13.3. The minimum Gasteiger partial charge on any atom is -0.427 e. The van der Waals surface area contributed by atoms with Crippen molar-refractivity contribution in [3.8, 4) is 5.75 Å². The molecule has 1 atom stereocenters.